The molecule has 3 unspecified atom stereocenters. The van der Waals surface area contributed by atoms with Gasteiger partial charge in [0.25, 0.3) is 0 Å². The number of nitrogens with one attached hydrogen (secondary N) is 1. The van der Waals surface area contributed by atoms with Crippen LogP contribution in [0.1, 0.15) is 42.9 Å². The number of carbonyl (C=O) groups excluding carboxylic acids is 1. The second-order valence-corrected chi connectivity index (χ2v) is 9.47. The Labute approximate surface area is 221 Å². The number of halogens is 2. The molecular weight excluding hydrogens is 503 g/mol. The molecule has 0 spiro atoms. The number of esters is 1. The van der Waals surface area contributed by atoms with Crippen LogP contribution in [-0.4, -0.2) is 48.7 Å². The number of fused-ring (bicyclic) bond motifs is 1. The van der Waals surface area contributed by atoms with Crippen molar-refractivity contribution in [1.82, 2.24) is 10.2 Å². The molecule has 2 aliphatic rings. The highest BCUT2D eigenvalue weighted by Gasteiger charge is 2.57. The van der Waals surface area contributed by atoms with E-state index < -0.39 is 29.3 Å². The molecule has 2 heterocycles. The standard InChI is InChI=1S/C27H31FN2O6.ClH/c1-16-22(25(31)34-4)23(21-7-5-6-19-15-35-36-24(19)21)27(26(32)33,17(2)29-16)12-13-30(3)14-18-8-10-20(28)11-9-18;/h5-11,17,23,29H,12-15H2,1-4H3,(H,32,33);1H. The van der Waals surface area contributed by atoms with Crippen molar-refractivity contribution in [3.05, 3.63) is 76.2 Å². The summed E-state index contributed by atoms with van der Waals surface area (Å²) in [6, 6.07) is 11.1. The Balaban J connectivity index is 0.00000380. The van der Waals surface area contributed by atoms with Gasteiger partial charge in [-0.05, 0) is 51.6 Å². The van der Waals surface area contributed by atoms with E-state index in [2.05, 4.69) is 5.32 Å². The summed E-state index contributed by atoms with van der Waals surface area (Å²) < 4.78 is 18.4. The number of rotatable bonds is 8. The van der Waals surface area contributed by atoms with Crippen molar-refractivity contribution in [3.63, 3.8) is 0 Å². The third-order valence-electron chi connectivity index (χ3n) is 7.28. The highest BCUT2D eigenvalue weighted by Crippen LogP contribution is 2.53. The first kappa shape index (κ1) is 28.4. The summed E-state index contributed by atoms with van der Waals surface area (Å²) in [6.07, 6.45) is 0.219. The van der Waals surface area contributed by atoms with Crippen LogP contribution in [0.4, 0.5) is 4.39 Å². The van der Waals surface area contributed by atoms with Crippen molar-refractivity contribution in [2.75, 3.05) is 20.7 Å². The van der Waals surface area contributed by atoms with Gasteiger partial charge >= 0.3 is 11.9 Å². The molecule has 0 fully saturated rings. The summed E-state index contributed by atoms with van der Waals surface area (Å²) >= 11 is 0. The Morgan fingerprint density at radius 3 is 2.59 bits per heavy atom. The third-order valence-corrected chi connectivity index (χ3v) is 7.28. The molecule has 0 bridgehead atoms. The van der Waals surface area contributed by atoms with Crippen LogP contribution in [0.15, 0.2) is 53.7 Å². The number of carboxylic acid groups (broad SMARTS) is 1. The molecule has 2 aliphatic heterocycles. The lowest BCUT2D eigenvalue weighted by molar-refractivity contribution is -0.195. The number of carboxylic acids is 1. The van der Waals surface area contributed by atoms with Gasteiger partial charge in [-0.2, -0.15) is 4.89 Å². The normalized spacial score (nSPS) is 22.5. The van der Waals surface area contributed by atoms with Gasteiger partial charge in [-0.15, -0.1) is 12.4 Å². The molecule has 200 valence electrons. The largest absolute Gasteiger partial charge is 0.481 e. The van der Waals surface area contributed by atoms with Gasteiger partial charge in [0.2, 0.25) is 0 Å². The molecule has 0 aliphatic carbocycles. The van der Waals surface area contributed by atoms with Crippen LogP contribution in [0.25, 0.3) is 0 Å². The maximum atomic E-state index is 13.3. The first-order valence-electron chi connectivity index (χ1n) is 11.8. The smallest absolute Gasteiger partial charge is 0.336 e. The number of nitrogens with zero attached hydrogens (tertiary/aromatic N) is 1. The number of para-hydroxylation sites is 1. The predicted molar refractivity (Wildman–Crippen MR) is 137 cm³/mol. The number of benzene rings is 2. The highest BCUT2D eigenvalue weighted by molar-refractivity contribution is 5.94. The second-order valence-electron chi connectivity index (χ2n) is 9.47. The van der Waals surface area contributed by atoms with E-state index in [1.807, 2.05) is 31.0 Å². The molecule has 3 atom stereocenters. The van der Waals surface area contributed by atoms with E-state index in [4.69, 9.17) is 14.5 Å². The molecule has 8 nitrogen and oxygen atoms in total. The fraction of sp³-hybridized carbons (Fsp3) is 0.407. The number of methoxy groups -OCH3 is 1. The van der Waals surface area contributed by atoms with Crippen molar-refractivity contribution in [3.8, 4) is 5.75 Å². The van der Waals surface area contributed by atoms with E-state index in [0.717, 1.165) is 11.1 Å². The van der Waals surface area contributed by atoms with Crippen molar-refractivity contribution in [2.45, 2.75) is 45.4 Å². The molecule has 0 amide bonds. The minimum atomic E-state index is -1.42. The summed E-state index contributed by atoms with van der Waals surface area (Å²) in [5, 5.41) is 14.0. The average molecular weight is 535 g/mol. The summed E-state index contributed by atoms with van der Waals surface area (Å²) in [7, 11) is 3.17. The monoisotopic (exact) mass is 534 g/mol. The molecule has 0 saturated heterocycles. The zero-order valence-electron chi connectivity index (χ0n) is 21.2. The summed E-state index contributed by atoms with van der Waals surface area (Å²) in [5.41, 5.74) is 1.67. The van der Waals surface area contributed by atoms with Gasteiger partial charge in [0, 0.05) is 35.3 Å². The fourth-order valence-corrected chi connectivity index (χ4v) is 5.40. The molecule has 0 saturated carbocycles. The van der Waals surface area contributed by atoms with Gasteiger partial charge in [0.05, 0.1) is 12.7 Å². The van der Waals surface area contributed by atoms with E-state index in [-0.39, 0.29) is 36.8 Å². The van der Waals surface area contributed by atoms with Crippen LogP contribution in [0.2, 0.25) is 0 Å². The topological polar surface area (TPSA) is 97.3 Å². The summed E-state index contributed by atoms with van der Waals surface area (Å²) in [6.45, 7) is 4.73. The van der Waals surface area contributed by atoms with E-state index in [0.29, 0.717) is 30.1 Å². The first-order valence-corrected chi connectivity index (χ1v) is 11.8. The molecule has 37 heavy (non-hydrogen) atoms. The van der Waals surface area contributed by atoms with Crippen molar-refractivity contribution in [2.24, 2.45) is 5.41 Å². The lowest BCUT2D eigenvalue weighted by Crippen LogP contribution is -2.57. The Kier molecular flexibility index (Phi) is 8.84. The minimum Gasteiger partial charge on any atom is -0.481 e. The first-order chi connectivity index (χ1) is 17.2. The number of hydrogen-bond acceptors (Lipinski definition) is 7. The van der Waals surface area contributed by atoms with Crippen molar-refractivity contribution < 1.29 is 33.6 Å². The highest BCUT2D eigenvalue weighted by atomic mass is 35.5. The van der Waals surface area contributed by atoms with Crippen LogP contribution < -0.4 is 10.2 Å². The maximum absolute atomic E-state index is 13.3. The van der Waals surface area contributed by atoms with Gasteiger partial charge in [0.1, 0.15) is 17.8 Å². The number of allylic oxidation sites excluding steroid dienone is 1. The quantitative estimate of drug-likeness (QED) is 0.384. The number of hydrogen-bond donors (Lipinski definition) is 2. The van der Waals surface area contributed by atoms with Crippen LogP contribution in [0, 0.1) is 11.2 Å². The molecule has 10 heteroatoms. The molecular formula is C27H32ClFN2O6. The Morgan fingerprint density at radius 2 is 1.95 bits per heavy atom. The second kappa shape index (κ2) is 11.5. The van der Waals surface area contributed by atoms with E-state index in [1.165, 1.54) is 19.2 Å². The fourth-order valence-electron chi connectivity index (χ4n) is 5.40. The molecule has 2 aromatic rings. The minimum absolute atomic E-state index is 0. The summed E-state index contributed by atoms with van der Waals surface area (Å²) in [5.74, 6) is -2.35. The van der Waals surface area contributed by atoms with Crippen LogP contribution in [0.5, 0.6) is 5.75 Å². The van der Waals surface area contributed by atoms with E-state index in [9.17, 15) is 19.1 Å². The molecule has 4 rings (SSSR count). The van der Waals surface area contributed by atoms with Gasteiger partial charge in [-0.25, -0.2) is 9.18 Å². The van der Waals surface area contributed by atoms with Crippen LogP contribution in [-0.2, 0) is 32.4 Å². The number of ether oxygens (including phenoxy) is 1. The Bertz CT molecular complexity index is 1190. The SMILES string of the molecule is COC(=O)C1=C(C)NC(C)C(CCN(C)Cc2ccc(F)cc2)(C(=O)O)C1c1cccc2c1OOC2.Cl. The summed E-state index contributed by atoms with van der Waals surface area (Å²) in [4.78, 5) is 38.9. The number of aliphatic carboxylic acids is 1. The number of carbonyl (C=O) groups is 2. The lowest BCUT2D eigenvalue weighted by atomic mass is 9.60. The Hall–Kier alpha value is -3.14. The predicted octanol–water partition coefficient (Wildman–Crippen LogP) is 4.19. The zero-order chi connectivity index (χ0) is 26.0. The van der Waals surface area contributed by atoms with Crippen molar-refractivity contribution in [1.29, 1.82) is 0 Å². The molecule has 0 aromatic heterocycles. The Morgan fingerprint density at radius 1 is 1.24 bits per heavy atom. The molecule has 0 radical (unpaired) electrons. The van der Waals surface area contributed by atoms with Gasteiger partial charge in [0.15, 0.2) is 5.75 Å². The van der Waals surface area contributed by atoms with Crippen LogP contribution in [0.3, 0.4) is 0 Å². The molecule has 2 N–H and O–H groups in total. The van der Waals surface area contributed by atoms with Gasteiger partial charge in [-0.1, -0.05) is 30.3 Å². The van der Waals surface area contributed by atoms with Gasteiger partial charge < -0.3 is 24.9 Å². The lowest BCUT2D eigenvalue weighted by Gasteiger charge is -2.47. The zero-order valence-corrected chi connectivity index (χ0v) is 22.1. The maximum Gasteiger partial charge on any atom is 0.336 e. The van der Waals surface area contributed by atoms with E-state index in [1.54, 1.807) is 25.1 Å². The van der Waals surface area contributed by atoms with Crippen LogP contribution >= 0.6 is 12.4 Å². The molecule has 2 aromatic carbocycles. The average Bonchev–Trinajstić information content (AvgIpc) is 3.33. The van der Waals surface area contributed by atoms with Crippen molar-refractivity contribution >= 4 is 24.3 Å². The third kappa shape index (κ3) is 5.30. The van der Waals surface area contributed by atoms with Gasteiger partial charge in [-0.3, -0.25) is 4.79 Å². The van der Waals surface area contributed by atoms with E-state index >= 15 is 0 Å².